The highest BCUT2D eigenvalue weighted by Gasteiger charge is 2.31. The quantitative estimate of drug-likeness (QED) is 0.437. The largest absolute Gasteiger partial charge is 0.481 e. The first-order valence-corrected chi connectivity index (χ1v) is 9.42. The van der Waals surface area contributed by atoms with Crippen molar-refractivity contribution in [1.29, 1.82) is 0 Å². The molecule has 0 fully saturated rings. The molecule has 0 aliphatic rings. The molecule has 0 aliphatic heterocycles. The number of carbonyl (C=O) groups is 1. The molecule has 0 saturated carbocycles. The molecule has 32 heavy (non-hydrogen) atoms. The number of H-pyrrole nitrogens is 1. The molecule has 0 saturated heterocycles. The Morgan fingerprint density at radius 3 is 2.50 bits per heavy atom. The average Bonchev–Trinajstić information content (AvgIpc) is 3.20. The van der Waals surface area contributed by atoms with Crippen LogP contribution in [0.3, 0.4) is 0 Å². The van der Waals surface area contributed by atoms with Crippen LogP contribution in [0.25, 0.3) is 39.4 Å². The first-order valence-electron chi connectivity index (χ1n) is 9.42. The van der Waals surface area contributed by atoms with Gasteiger partial charge >= 0.3 is 6.18 Å². The fourth-order valence-corrected chi connectivity index (χ4v) is 3.32. The monoisotopic (exact) mass is 438 g/mol. The molecule has 6 nitrogen and oxygen atoms in total. The fourth-order valence-electron chi connectivity index (χ4n) is 3.32. The summed E-state index contributed by atoms with van der Waals surface area (Å²) in [7, 11) is 1.52. The molecule has 0 unspecified atom stereocenters. The van der Waals surface area contributed by atoms with Gasteiger partial charge in [-0.2, -0.15) is 13.2 Å². The van der Waals surface area contributed by atoms with E-state index in [9.17, 15) is 18.0 Å². The molecule has 3 aromatic heterocycles. The van der Waals surface area contributed by atoms with Gasteiger partial charge in [0.05, 0.1) is 12.7 Å². The summed E-state index contributed by atoms with van der Waals surface area (Å²) in [5.74, 6) is -0.287. The third-order valence-electron chi connectivity index (χ3n) is 4.84. The van der Waals surface area contributed by atoms with Crippen molar-refractivity contribution >= 4 is 23.0 Å². The Balaban J connectivity index is 1.83. The fraction of sp³-hybridized carbons (Fsp3) is 0.0870. The topological polar surface area (TPSA) is 93.9 Å². The summed E-state index contributed by atoms with van der Waals surface area (Å²) < 4.78 is 45.5. The molecule has 0 aliphatic carbocycles. The number of hydrogen-bond acceptors (Lipinski definition) is 4. The van der Waals surface area contributed by atoms with E-state index in [0.717, 1.165) is 34.7 Å². The number of hydrogen-bond donors (Lipinski definition) is 2. The van der Waals surface area contributed by atoms with Crippen LogP contribution in [-0.2, 0) is 11.0 Å². The van der Waals surface area contributed by atoms with Gasteiger partial charge in [0.15, 0.2) is 0 Å². The van der Waals surface area contributed by atoms with Crippen molar-refractivity contribution in [3.05, 3.63) is 72.2 Å². The Labute approximate surface area is 180 Å². The minimum atomic E-state index is -4.56. The van der Waals surface area contributed by atoms with Crippen LogP contribution in [0.1, 0.15) is 11.1 Å². The summed E-state index contributed by atoms with van der Waals surface area (Å²) >= 11 is 0. The Morgan fingerprint density at radius 2 is 1.84 bits per heavy atom. The number of methoxy groups -OCH3 is 1. The van der Waals surface area contributed by atoms with Crippen molar-refractivity contribution in [2.24, 2.45) is 5.73 Å². The number of nitrogens with one attached hydrogen (secondary N) is 1. The number of aromatic nitrogens is 3. The molecule has 0 bridgehead atoms. The predicted octanol–water partition coefficient (Wildman–Crippen LogP) is 4.82. The Kier molecular flexibility index (Phi) is 5.40. The summed E-state index contributed by atoms with van der Waals surface area (Å²) in [4.78, 5) is 22.6. The Bertz CT molecular complexity index is 1330. The number of halogens is 3. The number of benzene rings is 1. The molecule has 3 heterocycles. The van der Waals surface area contributed by atoms with Gasteiger partial charge in [0, 0.05) is 52.8 Å². The van der Waals surface area contributed by atoms with E-state index in [1.165, 1.54) is 19.4 Å². The molecule has 4 aromatic rings. The van der Waals surface area contributed by atoms with Gasteiger partial charge in [-0.05, 0) is 47.5 Å². The van der Waals surface area contributed by atoms with Crippen LogP contribution in [0.5, 0.6) is 5.88 Å². The first kappa shape index (κ1) is 21.1. The molecule has 0 spiro atoms. The van der Waals surface area contributed by atoms with E-state index < -0.39 is 17.6 Å². The van der Waals surface area contributed by atoms with E-state index >= 15 is 0 Å². The predicted molar refractivity (Wildman–Crippen MR) is 115 cm³/mol. The summed E-state index contributed by atoms with van der Waals surface area (Å²) in [6, 6.07) is 8.85. The summed E-state index contributed by atoms with van der Waals surface area (Å²) in [5.41, 5.74) is 7.40. The van der Waals surface area contributed by atoms with Gasteiger partial charge in [-0.1, -0.05) is 0 Å². The smallest absolute Gasteiger partial charge is 0.416 e. The van der Waals surface area contributed by atoms with Crippen molar-refractivity contribution < 1.29 is 22.7 Å². The number of nitrogens with zero attached hydrogens (tertiary/aromatic N) is 2. The molecule has 1 aromatic carbocycles. The van der Waals surface area contributed by atoms with Crippen molar-refractivity contribution in [2.75, 3.05) is 7.11 Å². The highest BCUT2D eigenvalue weighted by molar-refractivity contribution is 5.96. The van der Waals surface area contributed by atoms with Gasteiger partial charge in [-0.3, -0.25) is 4.79 Å². The molecule has 0 atom stereocenters. The minimum absolute atomic E-state index is 0.197. The second-order valence-electron chi connectivity index (χ2n) is 6.99. The van der Waals surface area contributed by atoms with Gasteiger partial charge in [-0.15, -0.1) is 0 Å². The lowest BCUT2D eigenvalue weighted by Crippen LogP contribution is -2.06. The summed E-state index contributed by atoms with van der Waals surface area (Å²) in [6.07, 6.45) is 2.60. The first-order chi connectivity index (χ1) is 15.2. The summed E-state index contributed by atoms with van der Waals surface area (Å²) in [6.45, 7) is 0. The number of rotatable bonds is 5. The number of primary amides is 1. The van der Waals surface area contributed by atoms with E-state index in [0.29, 0.717) is 22.7 Å². The zero-order chi connectivity index (χ0) is 22.9. The molecule has 162 valence electrons. The second-order valence-corrected chi connectivity index (χ2v) is 6.99. The average molecular weight is 438 g/mol. The lowest BCUT2D eigenvalue weighted by molar-refractivity contribution is -0.137. The van der Waals surface area contributed by atoms with Crippen molar-refractivity contribution in [3.63, 3.8) is 0 Å². The summed E-state index contributed by atoms with van der Waals surface area (Å²) in [5, 5.41) is 0.723. The molecule has 0 radical (unpaired) electrons. The van der Waals surface area contributed by atoms with Gasteiger partial charge < -0.3 is 15.5 Å². The molecule has 1 amide bonds. The van der Waals surface area contributed by atoms with E-state index in [2.05, 4.69) is 15.0 Å². The number of aromatic amines is 1. The maximum Gasteiger partial charge on any atom is 0.416 e. The second kappa shape index (κ2) is 8.18. The van der Waals surface area contributed by atoms with Crippen LogP contribution in [0.15, 0.2) is 61.1 Å². The number of amides is 1. The zero-order valence-corrected chi connectivity index (χ0v) is 16.8. The van der Waals surface area contributed by atoms with Gasteiger partial charge in [-0.25, -0.2) is 9.97 Å². The lowest BCUT2D eigenvalue weighted by Gasteiger charge is -2.11. The Hall–Kier alpha value is -4.14. The Morgan fingerprint density at radius 1 is 1.06 bits per heavy atom. The highest BCUT2D eigenvalue weighted by atomic mass is 19.4. The number of fused-ring (bicyclic) bond motifs is 1. The molecular weight excluding hydrogens is 421 g/mol. The third-order valence-corrected chi connectivity index (χ3v) is 4.84. The van der Waals surface area contributed by atoms with E-state index in [-0.39, 0.29) is 5.56 Å². The van der Waals surface area contributed by atoms with Crippen LogP contribution in [0.2, 0.25) is 0 Å². The minimum Gasteiger partial charge on any atom is -0.481 e. The number of pyridine rings is 2. The van der Waals surface area contributed by atoms with Gasteiger partial charge in [0.1, 0.15) is 5.65 Å². The van der Waals surface area contributed by atoms with E-state index in [4.69, 9.17) is 10.5 Å². The molecule has 9 heteroatoms. The van der Waals surface area contributed by atoms with Crippen LogP contribution >= 0.6 is 0 Å². The van der Waals surface area contributed by atoms with E-state index in [1.807, 2.05) is 6.07 Å². The standard InChI is InChI=1S/C23H17F3N4O2/c1-32-21-5-3-14(10-28-21)19-12-30-22-18(19)9-16(11-29-22)15-6-13(2-4-20(27)31)7-17(8-15)23(24,25)26/h2-12H,1H3,(H2,27,31)(H,29,30). The number of ether oxygens (including phenoxy) is 1. The maximum atomic E-state index is 13.5. The highest BCUT2D eigenvalue weighted by Crippen LogP contribution is 2.36. The van der Waals surface area contributed by atoms with Crippen LogP contribution in [0, 0.1) is 0 Å². The molecular formula is C23H17F3N4O2. The van der Waals surface area contributed by atoms with Crippen molar-refractivity contribution in [2.45, 2.75) is 6.18 Å². The SMILES string of the molecule is COc1ccc(-c2c[nH]c3ncc(-c4cc(C=CC(N)=O)cc(C(F)(F)F)c4)cc23)cn1. The zero-order valence-electron chi connectivity index (χ0n) is 16.8. The third kappa shape index (κ3) is 4.31. The maximum absolute atomic E-state index is 13.5. The molecule has 4 rings (SSSR count). The van der Waals surface area contributed by atoms with Crippen molar-refractivity contribution in [3.8, 4) is 28.1 Å². The van der Waals surface area contributed by atoms with Crippen LogP contribution < -0.4 is 10.5 Å². The number of alkyl halides is 3. The van der Waals surface area contributed by atoms with Crippen molar-refractivity contribution in [1.82, 2.24) is 15.0 Å². The normalized spacial score (nSPS) is 11.9. The van der Waals surface area contributed by atoms with E-state index in [1.54, 1.807) is 30.6 Å². The lowest BCUT2D eigenvalue weighted by atomic mass is 9.98. The van der Waals surface area contributed by atoms with Crippen LogP contribution in [-0.4, -0.2) is 28.0 Å². The number of nitrogens with two attached hydrogens (primary N) is 1. The molecule has 3 N–H and O–H groups in total. The van der Waals surface area contributed by atoms with Gasteiger partial charge in [0.25, 0.3) is 0 Å². The van der Waals surface area contributed by atoms with Crippen LogP contribution in [0.4, 0.5) is 13.2 Å². The van der Waals surface area contributed by atoms with Gasteiger partial charge in [0.2, 0.25) is 11.8 Å². The number of carbonyl (C=O) groups excluding carboxylic acids is 1.